The van der Waals surface area contributed by atoms with Crippen LogP contribution < -0.4 is 14.8 Å². The smallest absolute Gasteiger partial charge is 0.256 e. The van der Waals surface area contributed by atoms with Gasteiger partial charge in [-0.3, -0.25) is 9.58 Å². The van der Waals surface area contributed by atoms with E-state index in [4.69, 9.17) is 40.6 Å². The van der Waals surface area contributed by atoms with Gasteiger partial charge in [0.1, 0.15) is 23.9 Å². The van der Waals surface area contributed by atoms with Gasteiger partial charge in [-0.2, -0.15) is 0 Å². The molecule has 15 heteroatoms. The minimum atomic E-state index is -0.216. The lowest BCUT2D eigenvalue weighted by Gasteiger charge is -2.43. The van der Waals surface area contributed by atoms with Crippen molar-refractivity contribution in [1.29, 1.82) is 0 Å². The Balaban J connectivity index is 1.04. The quantitative estimate of drug-likeness (QED) is 0.161. The Kier molecular flexibility index (Phi) is 10.8. The highest BCUT2D eigenvalue weighted by Crippen LogP contribution is 2.39. The molecule has 1 N–H and O–H groups in total. The van der Waals surface area contributed by atoms with Crippen molar-refractivity contribution < 1.29 is 18.9 Å². The minimum absolute atomic E-state index is 0.216. The van der Waals surface area contributed by atoms with Crippen molar-refractivity contribution in [3.8, 4) is 22.9 Å². The average Bonchev–Trinajstić information content (AvgIpc) is 3.83. The number of nitrogens with zero attached hydrogens (tertiary/aromatic N) is 9. The largest absolute Gasteiger partial charge is 0.487 e. The third-order valence-corrected chi connectivity index (χ3v) is 9.94. The van der Waals surface area contributed by atoms with Crippen molar-refractivity contribution in [3.05, 3.63) is 48.0 Å². The van der Waals surface area contributed by atoms with Crippen LogP contribution in [0.15, 0.2) is 43.0 Å². The van der Waals surface area contributed by atoms with Crippen molar-refractivity contribution in [2.75, 3.05) is 38.4 Å². The number of morpholine rings is 1. The zero-order chi connectivity index (χ0) is 33.6. The van der Waals surface area contributed by atoms with Crippen molar-refractivity contribution in [2.45, 2.75) is 95.6 Å². The molecule has 5 heterocycles. The van der Waals surface area contributed by atoms with Gasteiger partial charge in [0.05, 0.1) is 49.3 Å². The topological polar surface area (TPSA) is 139 Å². The molecule has 2 bridgehead atoms. The van der Waals surface area contributed by atoms with E-state index in [2.05, 4.69) is 35.4 Å². The summed E-state index contributed by atoms with van der Waals surface area (Å²) < 4.78 is 27.4. The first-order valence-electron chi connectivity index (χ1n) is 17.5. The predicted molar refractivity (Wildman–Crippen MR) is 183 cm³/mol. The minimum Gasteiger partial charge on any atom is -0.487 e. The molecule has 0 amide bonds. The molecule has 2 aliphatic heterocycles. The van der Waals surface area contributed by atoms with Gasteiger partial charge in [-0.25, -0.2) is 14.6 Å². The van der Waals surface area contributed by atoms with Crippen LogP contribution >= 0.6 is 11.6 Å². The van der Waals surface area contributed by atoms with Gasteiger partial charge in [0.15, 0.2) is 0 Å². The van der Waals surface area contributed by atoms with Gasteiger partial charge in [0.25, 0.3) is 5.88 Å². The number of rotatable bonds is 15. The number of ether oxygens (including phenoxy) is 4. The number of fused-ring (bicyclic) bond motifs is 2. The number of hydrogen-bond donors (Lipinski definition) is 1. The van der Waals surface area contributed by atoms with Gasteiger partial charge in [-0.1, -0.05) is 17.7 Å². The molecule has 4 aromatic rings. The first-order valence-corrected chi connectivity index (χ1v) is 17.8. The number of anilines is 2. The summed E-state index contributed by atoms with van der Waals surface area (Å²) in [4.78, 5) is 12.1. The summed E-state index contributed by atoms with van der Waals surface area (Å²) in [7, 11) is 0. The maximum absolute atomic E-state index is 6.51. The van der Waals surface area contributed by atoms with E-state index in [1.807, 2.05) is 44.3 Å². The molecule has 1 aromatic carbocycles. The van der Waals surface area contributed by atoms with Crippen molar-refractivity contribution in [1.82, 2.24) is 44.9 Å². The van der Waals surface area contributed by atoms with E-state index in [9.17, 15) is 0 Å². The maximum Gasteiger partial charge on any atom is 0.256 e. The zero-order valence-corrected chi connectivity index (χ0v) is 28.9. The number of aromatic nitrogens is 8. The molecular weight excluding hydrogens is 648 g/mol. The second-order valence-corrected chi connectivity index (χ2v) is 13.5. The van der Waals surface area contributed by atoms with Gasteiger partial charge < -0.3 is 24.3 Å². The molecule has 3 aliphatic rings. The van der Waals surface area contributed by atoms with Crippen molar-refractivity contribution in [2.24, 2.45) is 0 Å². The number of hydrogen-bond acceptors (Lipinski definition) is 12. The fraction of sp³-hybridized carbons (Fsp3) is 0.588. The predicted octanol–water partition coefficient (Wildman–Crippen LogP) is 5.34. The summed E-state index contributed by atoms with van der Waals surface area (Å²) in [5.74, 6) is 1.53. The summed E-state index contributed by atoms with van der Waals surface area (Å²) in [6.45, 7) is 8.00. The molecule has 3 fully saturated rings. The average molecular weight is 693 g/mol. The molecule has 49 heavy (non-hydrogen) atoms. The highest BCUT2D eigenvalue weighted by atomic mass is 35.5. The Labute approximate surface area is 291 Å². The van der Waals surface area contributed by atoms with Gasteiger partial charge in [-0.05, 0) is 81.0 Å². The highest BCUT2D eigenvalue weighted by Gasteiger charge is 2.42. The Morgan fingerprint density at radius 1 is 1.02 bits per heavy atom. The zero-order valence-electron chi connectivity index (χ0n) is 28.2. The second kappa shape index (κ2) is 15.8. The lowest BCUT2D eigenvalue weighted by atomic mass is 9.89. The summed E-state index contributed by atoms with van der Waals surface area (Å²) in [6.07, 6.45) is 12.9. The van der Waals surface area contributed by atoms with Gasteiger partial charge in [0, 0.05) is 49.5 Å². The number of benzene rings is 1. The molecular formula is C34H45ClN10O4. The normalized spacial score (nSPS) is 23.0. The number of halogens is 1. The van der Waals surface area contributed by atoms with E-state index in [-0.39, 0.29) is 6.10 Å². The van der Waals surface area contributed by atoms with E-state index in [0.29, 0.717) is 78.8 Å². The van der Waals surface area contributed by atoms with Crippen molar-refractivity contribution in [3.63, 3.8) is 0 Å². The molecule has 0 unspecified atom stereocenters. The molecule has 1 aliphatic carbocycles. The monoisotopic (exact) mass is 692 g/mol. The fourth-order valence-electron chi connectivity index (χ4n) is 7.34. The van der Waals surface area contributed by atoms with Crippen LogP contribution in [-0.4, -0.2) is 102 Å². The Bertz CT molecular complexity index is 1630. The van der Waals surface area contributed by atoms with E-state index in [1.54, 1.807) is 17.2 Å². The molecule has 3 aromatic heterocycles. The molecule has 2 saturated heterocycles. The Morgan fingerprint density at radius 3 is 2.59 bits per heavy atom. The SMILES string of the molecule is CCOCCCOc1nn(C2CCC(N3[C@@H]4CC[C@H]3COC4)CC2)cc1Nc1nccc(-c2ccc(Cl)c(O[C@@H](C)Cn3cnnn3)c2)n1. The molecule has 7 rings (SSSR count). The van der Waals surface area contributed by atoms with Gasteiger partial charge in [0.2, 0.25) is 5.95 Å². The maximum atomic E-state index is 6.51. The summed E-state index contributed by atoms with van der Waals surface area (Å²) in [5.41, 5.74) is 2.29. The summed E-state index contributed by atoms with van der Waals surface area (Å²) in [6, 6.07) is 9.58. The van der Waals surface area contributed by atoms with E-state index >= 15 is 0 Å². The third kappa shape index (κ3) is 8.14. The molecule has 0 spiro atoms. The molecule has 3 atom stereocenters. The van der Waals surface area contributed by atoms with Crippen LogP contribution in [0.25, 0.3) is 11.3 Å². The number of tetrazole rings is 1. The number of nitrogens with one attached hydrogen (secondary N) is 1. The van der Waals surface area contributed by atoms with Crippen LogP contribution in [0.3, 0.4) is 0 Å². The van der Waals surface area contributed by atoms with Crippen LogP contribution in [0.2, 0.25) is 5.02 Å². The van der Waals surface area contributed by atoms with Crippen LogP contribution in [-0.2, 0) is 16.0 Å². The van der Waals surface area contributed by atoms with Gasteiger partial charge >= 0.3 is 0 Å². The second-order valence-electron chi connectivity index (χ2n) is 13.1. The lowest BCUT2D eigenvalue weighted by molar-refractivity contribution is -0.0458. The summed E-state index contributed by atoms with van der Waals surface area (Å²) >= 11 is 6.51. The van der Waals surface area contributed by atoms with Crippen LogP contribution in [0.1, 0.15) is 64.8 Å². The van der Waals surface area contributed by atoms with E-state index in [1.165, 1.54) is 25.7 Å². The van der Waals surface area contributed by atoms with Crippen molar-refractivity contribution >= 4 is 23.2 Å². The van der Waals surface area contributed by atoms with Crippen LogP contribution in [0.4, 0.5) is 11.6 Å². The molecule has 14 nitrogen and oxygen atoms in total. The molecule has 262 valence electrons. The molecule has 0 radical (unpaired) electrons. The summed E-state index contributed by atoms with van der Waals surface area (Å²) in [5, 5.41) is 20.1. The first-order chi connectivity index (χ1) is 24.0. The first kappa shape index (κ1) is 33.6. The van der Waals surface area contributed by atoms with E-state index < -0.39 is 0 Å². The standard InChI is InChI=1S/C34H45ClN10O4/c1-3-46-15-4-16-48-33-31(19-44(40-33)25-6-8-26(9-7-25)45-27-10-11-28(45)21-47-20-27)39-34-36-14-13-30(38-34)24-5-12-29(35)32(17-24)49-23(2)18-43-22-37-41-42-43/h5,12-14,17,19,22-23,25-28H,3-4,6-11,15-16,18,20-21H2,1-2H3,(H,36,38,39)/t23-,25?,26?,27-,28+/m0/s1. The van der Waals surface area contributed by atoms with Crippen LogP contribution in [0.5, 0.6) is 11.6 Å². The molecule has 1 saturated carbocycles. The van der Waals surface area contributed by atoms with E-state index in [0.717, 1.165) is 43.7 Å². The Hall–Kier alpha value is -3.85. The lowest BCUT2D eigenvalue weighted by Crippen LogP contribution is -2.52. The van der Waals surface area contributed by atoms with Crippen LogP contribution in [0, 0.1) is 0 Å². The highest BCUT2D eigenvalue weighted by molar-refractivity contribution is 6.32. The van der Waals surface area contributed by atoms with Gasteiger partial charge in [-0.15, -0.1) is 10.2 Å². The third-order valence-electron chi connectivity index (χ3n) is 9.63. The fourth-order valence-corrected chi connectivity index (χ4v) is 7.50. The Morgan fingerprint density at radius 2 is 1.82 bits per heavy atom.